The normalized spacial score (nSPS) is 13.6. The van der Waals surface area contributed by atoms with Gasteiger partial charge in [0.15, 0.2) is 0 Å². The second-order valence-electron chi connectivity index (χ2n) is 4.77. The summed E-state index contributed by atoms with van der Waals surface area (Å²) >= 11 is 0. The van der Waals surface area contributed by atoms with Gasteiger partial charge in [-0.2, -0.15) is 0 Å². The zero-order chi connectivity index (χ0) is 13.4. The Balaban J connectivity index is 0. The predicted octanol–water partition coefficient (Wildman–Crippen LogP) is 2.60. The molecule has 4 nitrogen and oxygen atoms in total. The van der Waals surface area contributed by atoms with E-state index < -0.39 is 14.3 Å². The summed E-state index contributed by atoms with van der Waals surface area (Å²) in [5.41, 5.74) is 1.10. The molecule has 1 atom stereocenters. The Hall–Kier alpha value is -0.813. The highest BCUT2D eigenvalue weighted by Gasteiger charge is 2.13. The molecule has 0 amide bonds. The lowest BCUT2D eigenvalue weighted by Crippen LogP contribution is -2.22. The van der Waals surface area contributed by atoms with E-state index in [1.165, 1.54) is 0 Å². The highest BCUT2D eigenvalue weighted by molar-refractivity contribution is 6.69. The molecule has 0 fully saturated rings. The zero-order valence-corrected chi connectivity index (χ0v) is 12.1. The molecule has 0 spiro atoms. The maximum absolute atomic E-state index is 9.07. The van der Waals surface area contributed by atoms with Crippen LogP contribution < -0.4 is 0 Å². The van der Waals surface area contributed by atoms with Gasteiger partial charge in [-0.05, 0) is 45.5 Å². The Morgan fingerprint density at radius 1 is 1.38 bits per heavy atom. The lowest BCUT2D eigenvalue weighted by molar-refractivity contribution is -0.134. The number of aliphatic carboxylic acids is 1. The first kappa shape index (κ1) is 17.6. The predicted molar refractivity (Wildman–Crippen MR) is 67.8 cm³/mol. The highest BCUT2D eigenvalue weighted by Crippen LogP contribution is 2.08. The van der Waals surface area contributed by atoms with Crippen LogP contribution in [0.15, 0.2) is 11.8 Å². The van der Waals surface area contributed by atoms with E-state index in [1.54, 1.807) is 13.2 Å². The van der Waals surface area contributed by atoms with Gasteiger partial charge in [-0.15, -0.1) is 0 Å². The molecule has 1 unspecified atom stereocenters. The molecule has 0 aromatic carbocycles. The maximum atomic E-state index is 9.07. The fraction of sp³-hybridized carbons (Fsp3) is 0.727. The molecular formula is C11H24O4Si. The third kappa shape index (κ3) is 23.2. The van der Waals surface area contributed by atoms with E-state index in [0.29, 0.717) is 6.42 Å². The molecule has 0 bridgehead atoms. The molecule has 96 valence electrons. The van der Waals surface area contributed by atoms with Crippen molar-refractivity contribution in [2.75, 3.05) is 0 Å². The first-order valence-corrected chi connectivity index (χ1v) is 8.66. The van der Waals surface area contributed by atoms with Crippen molar-refractivity contribution in [3.63, 3.8) is 0 Å². The van der Waals surface area contributed by atoms with E-state index >= 15 is 0 Å². The number of rotatable bonds is 4. The number of aliphatic hydroxyl groups excluding tert-OH is 1. The van der Waals surface area contributed by atoms with Gasteiger partial charge in [0, 0.05) is 6.92 Å². The maximum Gasteiger partial charge on any atom is 0.300 e. The first-order chi connectivity index (χ1) is 7.04. The SMILES string of the molecule is CC(=CO[Si](C)(C)C)CC(C)O.CC(=O)O. The highest BCUT2D eigenvalue weighted by atomic mass is 28.4. The molecule has 0 aromatic rings. The standard InChI is InChI=1S/C9H20O2Si.C2H4O2/c1-8(6-9(2)10)7-11-12(3,4)5;1-2(3)4/h7,9-10H,6H2,1-5H3;1H3,(H,3,4). The minimum atomic E-state index is -1.43. The molecule has 16 heavy (non-hydrogen) atoms. The van der Waals surface area contributed by atoms with Gasteiger partial charge >= 0.3 is 0 Å². The van der Waals surface area contributed by atoms with Crippen molar-refractivity contribution >= 4 is 14.3 Å². The van der Waals surface area contributed by atoms with Crippen molar-refractivity contribution in [3.8, 4) is 0 Å². The lowest BCUT2D eigenvalue weighted by Gasteiger charge is -2.16. The lowest BCUT2D eigenvalue weighted by atomic mass is 10.2. The van der Waals surface area contributed by atoms with Gasteiger partial charge in [0.25, 0.3) is 5.97 Å². The molecule has 2 N–H and O–H groups in total. The van der Waals surface area contributed by atoms with Gasteiger partial charge < -0.3 is 14.6 Å². The van der Waals surface area contributed by atoms with Gasteiger partial charge in [0.2, 0.25) is 8.32 Å². The third-order valence-corrected chi connectivity index (χ3v) is 2.06. The molecule has 0 aliphatic rings. The van der Waals surface area contributed by atoms with E-state index in [2.05, 4.69) is 19.6 Å². The summed E-state index contributed by atoms with van der Waals surface area (Å²) in [7, 11) is -1.43. The van der Waals surface area contributed by atoms with Crippen molar-refractivity contribution < 1.29 is 19.4 Å². The van der Waals surface area contributed by atoms with Gasteiger partial charge in [-0.3, -0.25) is 4.79 Å². The number of hydrogen-bond donors (Lipinski definition) is 2. The zero-order valence-electron chi connectivity index (χ0n) is 11.1. The second-order valence-corrected chi connectivity index (χ2v) is 9.23. The van der Waals surface area contributed by atoms with Gasteiger partial charge in [-0.1, -0.05) is 0 Å². The van der Waals surface area contributed by atoms with Crippen molar-refractivity contribution in [1.29, 1.82) is 0 Å². The Labute approximate surface area is 99.1 Å². The average molecular weight is 248 g/mol. The molecule has 0 heterocycles. The van der Waals surface area contributed by atoms with Crippen LogP contribution in [0.5, 0.6) is 0 Å². The topological polar surface area (TPSA) is 66.8 Å². The molecule has 0 radical (unpaired) electrons. The van der Waals surface area contributed by atoms with Gasteiger partial charge in [-0.25, -0.2) is 0 Å². The summed E-state index contributed by atoms with van der Waals surface area (Å²) in [4.78, 5) is 9.00. The molecule has 0 rings (SSSR count). The van der Waals surface area contributed by atoms with Crippen LogP contribution >= 0.6 is 0 Å². The van der Waals surface area contributed by atoms with E-state index in [0.717, 1.165) is 12.5 Å². The summed E-state index contributed by atoms with van der Waals surface area (Å²) in [6.07, 6.45) is 2.22. The Morgan fingerprint density at radius 2 is 1.75 bits per heavy atom. The van der Waals surface area contributed by atoms with Crippen molar-refractivity contribution in [2.24, 2.45) is 0 Å². The Kier molecular flexibility index (Phi) is 9.18. The summed E-state index contributed by atoms with van der Waals surface area (Å²) in [5.74, 6) is -0.833. The molecule has 0 aliphatic carbocycles. The molecular weight excluding hydrogens is 224 g/mol. The minimum absolute atomic E-state index is 0.272. The van der Waals surface area contributed by atoms with Crippen LogP contribution in [0.3, 0.4) is 0 Å². The quantitative estimate of drug-likeness (QED) is 0.593. The van der Waals surface area contributed by atoms with Crippen LogP contribution in [0.25, 0.3) is 0 Å². The summed E-state index contributed by atoms with van der Waals surface area (Å²) in [6, 6.07) is 0. The van der Waals surface area contributed by atoms with E-state index in [1.807, 2.05) is 6.92 Å². The van der Waals surface area contributed by atoms with E-state index in [9.17, 15) is 0 Å². The molecule has 0 saturated carbocycles. The van der Waals surface area contributed by atoms with E-state index in [4.69, 9.17) is 19.4 Å². The number of carboxylic acids is 1. The van der Waals surface area contributed by atoms with Crippen LogP contribution in [-0.4, -0.2) is 30.6 Å². The molecule has 5 heteroatoms. The van der Waals surface area contributed by atoms with Crippen LogP contribution in [0, 0.1) is 0 Å². The number of carboxylic acid groups (broad SMARTS) is 1. The number of aliphatic hydroxyl groups is 1. The Bertz CT molecular complexity index is 225. The Morgan fingerprint density at radius 3 is 2.00 bits per heavy atom. The van der Waals surface area contributed by atoms with Gasteiger partial charge in [0.05, 0.1) is 12.4 Å². The van der Waals surface area contributed by atoms with Gasteiger partial charge in [0.1, 0.15) is 0 Å². The summed E-state index contributed by atoms with van der Waals surface area (Å²) in [6.45, 7) is 11.3. The fourth-order valence-electron chi connectivity index (χ4n) is 0.791. The van der Waals surface area contributed by atoms with Crippen LogP contribution in [0.4, 0.5) is 0 Å². The van der Waals surface area contributed by atoms with Crippen molar-refractivity contribution in [3.05, 3.63) is 11.8 Å². The third-order valence-electron chi connectivity index (χ3n) is 1.23. The summed E-state index contributed by atoms with van der Waals surface area (Å²) < 4.78 is 5.56. The van der Waals surface area contributed by atoms with Crippen molar-refractivity contribution in [2.45, 2.75) is 52.9 Å². The second kappa shape index (κ2) is 8.35. The monoisotopic (exact) mass is 248 g/mol. The number of carbonyl (C=O) groups is 1. The smallest absolute Gasteiger partial charge is 0.300 e. The minimum Gasteiger partial charge on any atom is -0.550 e. The van der Waals surface area contributed by atoms with Crippen LogP contribution in [0.2, 0.25) is 19.6 Å². The molecule has 0 saturated heterocycles. The average Bonchev–Trinajstić information content (AvgIpc) is 1.97. The number of hydrogen-bond acceptors (Lipinski definition) is 3. The first-order valence-electron chi connectivity index (χ1n) is 5.25. The molecule has 0 aliphatic heterocycles. The van der Waals surface area contributed by atoms with Crippen molar-refractivity contribution in [1.82, 2.24) is 0 Å². The fourth-order valence-corrected chi connectivity index (χ4v) is 1.35. The largest absolute Gasteiger partial charge is 0.550 e. The molecule has 0 aromatic heterocycles. The summed E-state index contributed by atoms with van der Waals surface area (Å²) in [5, 5.41) is 16.5. The van der Waals surface area contributed by atoms with Crippen LogP contribution in [-0.2, 0) is 9.22 Å². The van der Waals surface area contributed by atoms with E-state index in [-0.39, 0.29) is 6.10 Å². The van der Waals surface area contributed by atoms with Crippen LogP contribution in [0.1, 0.15) is 27.2 Å².